The van der Waals surface area contributed by atoms with E-state index in [1.807, 2.05) is 19.9 Å². The fraction of sp³-hybridized carbons (Fsp3) is 0.647. The molecular formula is C17H28O3. The summed E-state index contributed by atoms with van der Waals surface area (Å²) in [6, 6.07) is 0. The van der Waals surface area contributed by atoms with Crippen molar-refractivity contribution in [2.45, 2.75) is 58.3 Å². The minimum atomic E-state index is -0.439. The summed E-state index contributed by atoms with van der Waals surface area (Å²) >= 11 is 0. The van der Waals surface area contributed by atoms with Crippen molar-refractivity contribution < 1.29 is 14.6 Å². The molecule has 0 bridgehead atoms. The van der Waals surface area contributed by atoms with Crippen molar-refractivity contribution in [1.82, 2.24) is 0 Å². The van der Waals surface area contributed by atoms with Crippen molar-refractivity contribution >= 4 is 0 Å². The van der Waals surface area contributed by atoms with Crippen LogP contribution in [-0.2, 0) is 9.47 Å². The lowest BCUT2D eigenvalue weighted by Crippen LogP contribution is -2.22. The molecule has 3 heteroatoms. The maximum absolute atomic E-state index is 9.81. The van der Waals surface area contributed by atoms with Crippen LogP contribution < -0.4 is 0 Å². The number of hydrogen-bond acceptors (Lipinski definition) is 3. The summed E-state index contributed by atoms with van der Waals surface area (Å²) in [7, 11) is 0. The molecular weight excluding hydrogens is 252 g/mol. The Morgan fingerprint density at radius 2 is 2.25 bits per heavy atom. The number of rotatable bonds is 8. The fourth-order valence-corrected chi connectivity index (χ4v) is 2.10. The molecule has 1 fully saturated rings. The SMILES string of the molecule is C=C(C)C=CC(O)CC(C)=CCCOC1CCCCO1. The van der Waals surface area contributed by atoms with E-state index < -0.39 is 6.10 Å². The summed E-state index contributed by atoms with van der Waals surface area (Å²) in [5.41, 5.74) is 2.13. The molecule has 0 spiro atoms. The first-order chi connectivity index (χ1) is 9.58. The van der Waals surface area contributed by atoms with Crippen molar-refractivity contribution in [3.05, 3.63) is 36.0 Å². The lowest BCUT2D eigenvalue weighted by Gasteiger charge is -2.22. The van der Waals surface area contributed by atoms with Crippen molar-refractivity contribution in [2.24, 2.45) is 0 Å². The van der Waals surface area contributed by atoms with Gasteiger partial charge < -0.3 is 14.6 Å². The monoisotopic (exact) mass is 280 g/mol. The molecule has 0 aromatic carbocycles. The molecule has 20 heavy (non-hydrogen) atoms. The molecule has 1 N–H and O–H groups in total. The van der Waals surface area contributed by atoms with Gasteiger partial charge in [-0.2, -0.15) is 0 Å². The summed E-state index contributed by atoms with van der Waals surface area (Å²) in [6.45, 7) is 9.22. The van der Waals surface area contributed by atoms with Crippen LogP contribution in [0.15, 0.2) is 36.0 Å². The molecule has 2 atom stereocenters. The van der Waals surface area contributed by atoms with E-state index in [9.17, 15) is 5.11 Å². The van der Waals surface area contributed by atoms with Gasteiger partial charge in [-0.3, -0.25) is 0 Å². The second-order valence-corrected chi connectivity index (χ2v) is 5.48. The quantitative estimate of drug-likeness (QED) is 0.418. The number of aliphatic hydroxyl groups excluding tert-OH is 1. The van der Waals surface area contributed by atoms with E-state index in [0.717, 1.165) is 31.4 Å². The number of hydrogen-bond donors (Lipinski definition) is 1. The van der Waals surface area contributed by atoms with Gasteiger partial charge in [-0.25, -0.2) is 0 Å². The highest BCUT2D eigenvalue weighted by molar-refractivity contribution is 5.14. The smallest absolute Gasteiger partial charge is 0.157 e. The summed E-state index contributed by atoms with van der Waals surface area (Å²) < 4.78 is 11.2. The molecule has 1 heterocycles. The molecule has 1 saturated heterocycles. The Balaban J connectivity index is 2.15. The predicted molar refractivity (Wildman–Crippen MR) is 82.5 cm³/mol. The van der Waals surface area contributed by atoms with Gasteiger partial charge in [-0.05, 0) is 46.0 Å². The highest BCUT2D eigenvalue weighted by atomic mass is 16.7. The molecule has 0 aromatic heterocycles. The Morgan fingerprint density at radius 1 is 1.45 bits per heavy atom. The Hall–Kier alpha value is -0.900. The second-order valence-electron chi connectivity index (χ2n) is 5.48. The Morgan fingerprint density at radius 3 is 2.90 bits per heavy atom. The summed E-state index contributed by atoms with van der Waals surface area (Å²) in [6.07, 6.45) is 10.2. The third kappa shape index (κ3) is 8.31. The van der Waals surface area contributed by atoms with Crippen LogP contribution in [0.1, 0.15) is 46.0 Å². The number of ether oxygens (including phenoxy) is 2. The Labute approximate surface area is 123 Å². The van der Waals surface area contributed by atoms with Crippen LogP contribution in [0.3, 0.4) is 0 Å². The van der Waals surface area contributed by atoms with Crippen molar-refractivity contribution in [1.29, 1.82) is 0 Å². The highest BCUT2D eigenvalue weighted by Crippen LogP contribution is 2.14. The maximum atomic E-state index is 9.81. The van der Waals surface area contributed by atoms with E-state index in [4.69, 9.17) is 9.47 Å². The van der Waals surface area contributed by atoms with Crippen molar-refractivity contribution in [3.8, 4) is 0 Å². The first-order valence-corrected chi connectivity index (χ1v) is 7.48. The van der Waals surface area contributed by atoms with Gasteiger partial charge in [0.1, 0.15) is 0 Å². The summed E-state index contributed by atoms with van der Waals surface area (Å²) in [5.74, 6) is 0. The van der Waals surface area contributed by atoms with Crippen molar-refractivity contribution in [3.63, 3.8) is 0 Å². The average molecular weight is 280 g/mol. The minimum absolute atomic E-state index is 0.0125. The normalized spacial score (nSPS) is 22.1. The largest absolute Gasteiger partial charge is 0.389 e. The minimum Gasteiger partial charge on any atom is -0.389 e. The van der Waals surface area contributed by atoms with Gasteiger partial charge >= 0.3 is 0 Å². The van der Waals surface area contributed by atoms with Gasteiger partial charge in [0.05, 0.1) is 12.7 Å². The Bertz CT molecular complexity index is 338. The van der Waals surface area contributed by atoms with Crippen LogP contribution in [0.5, 0.6) is 0 Å². The van der Waals surface area contributed by atoms with E-state index >= 15 is 0 Å². The van der Waals surface area contributed by atoms with Crippen LogP contribution in [0.25, 0.3) is 0 Å². The van der Waals surface area contributed by atoms with E-state index in [0.29, 0.717) is 13.0 Å². The number of allylic oxidation sites excluding steroid dienone is 2. The van der Waals surface area contributed by atoms with E-state index in [2.05, 4.69) is 12.7 Å². The fourth-order valence-electron chi connectivity index (χ4n) is 2.10. The topological polar surface area (TPSA) is 38.7 Å². The second kappa shape index (κ2) is 9.92. The van der Waals surface area contributed by atoms with Gasteiger partial charge in [0, 0.05) is 6.61 Å². The molecule has 1 rings (SSSR count). The average Bonchev–Trinajstić information content (AvgIpc) is 2.42. The molecule has 3 nitrogen and oxygen atoms in total. The lowest BCUT2D eigenvalue weighted by molar-refractivity contribution is -0.161. The van der Waals surface area contributed by atoms with Crippen LogP contribution in [0.2, 0.25) is 0 Å². The summed E-state index contributed by atoms with van der Waals surface area (Å²) in [4.78, 5) is 0. The predicted octanol–water partition coefficient (Wildman–Crippen LogP) is 3.75. The van der Waals surface area contributed by atoms with E-state index in [1.54, 1.807) is 6.08 Å². The zero-order chi connectivity index (χ0) is 14.8. The Kier molecular flexibility index (Phi) is 8.51. The molecule has 0 saturated carbocycles. The summed E-state index contributed by atoms with van der Waals surface area (Å²) in [5, 5.41) is 9.81. The standard InChI is InChI=1S/C17H28O3/c1-14(2)9-10-16(18)13-15(3)7-6-12-20-17-8-4-5-11-19-17/h7,9-10,16-18H,1,4-6,8,11-13H2,2-3H3. The molecule has 0 aliphatic carbocycles. The third-order valence-corrected chi connectivity index (χ3v) is 3.19. The molecule has 2 unspecified atom stereocenters. The lowest BCUT2D eigenvalue weighted by atomic mass is 10.1. The third-order valence-electron chi connectivity index (χ3n) is 3.19. The van der Waals surface area contributed by atoms with Gasteiger partial charge in [-0.1, -0.05) is 36.0 Å². The van der Waals surface area contributed by atoms with Gasteiger partial charge in [0.25, 0.3) is 0 Å². The van der Waals surface area contributed by atoms with Crippen LogP contribution in [-0.4, -0.2) is 30.7 Å². The molecule has 1 aliphatic heterocycles. The molecule has 0 aromatic rings. The molecule has 1 aliphatic rings. The molecule has 0 radical (unpaired) electrons. The van der Waals surface area contributed by atoms with Gasteiger partial charge in [0.2, 0.25) is 0 Å². The van der Waals surface area contributed by atoms with Crippen LogP contribution in [0, 0.1) is 0 Å². The van der Waals surface area contributed by atoms with E-state index in [-0.39, 0.29) is 6.29 Å². The molecule has 114 valence electrons. The van der Waals surface area contributed by atoms with E-state index in [1.165, 1.54) is 12.0 Å². The van der Waals surface area contributed by atoms with Crippen LogP contribution >= 0.6 is 0 Å². The van der Waals surface area contributed by atoms with Crippen molar-refractivity contribution in [2.75, 3.05) is 13.2 Å². The maximum Gasteiger partial charge on any atom is 0.157 e. The highest BCUT2D eigenvalue weighted by Gasteiger charge is 2.13. The van der Waals surface area contributed by atoms with Gasteiger partial charge in [0.15, 0.2) is 6.29 Å². The first kappa shape index (κ1) is 17.2. The number of aliphatic hydroxyl groups is 1. The zero-order valence-electron chi connectivity index (χ0n) is 12.8. The first-order valence-electron chi connectivity index (χ1n) is 7.48. The van der Waals surface area contributed by atoms with Gasteiger partial charge in [-0.15, -0.1) is 0 Å². The van der Waals surface area contributed by atoms with Crippen LogP contribution in [0.4, 0.5) is 0 Å². The molecule has 0 amide bonds. The zero-order valence-corrected chi connectivity index (χ0v) is 12.8.